The lowest BCUT2D eigenvalue weighted by Crippen LogP contribution is -2.44. The molecule has 0 fully saturated rings. The van der Waals surface area contributed by atoms with Crippen molar-refractivity contribution in [2.45, 2.75) is 212 Å². The zero-order valence-electron chi connectivity index (χ0n) is 41.6. The third-order valence-electron chi connectivity index (χ3n) is 10.7. The van der Waals surface area contributed by atoms with E-state index >= 15 is 0 Å². The SMILES string of the molecule is CC/C=C\C/C=C\C/C=C\C/C=C\C/C=C\C/C=C\CCC(=O)OC(COC(=O)CCCCCCCCCCCCCCCCCCCCCC)COC(OCC[N+](C)(C)C)C(=O)[O-]. The molecule has 0 rings (SSSR count). The molecule has 0 aliphatic rings. The van der Waals surface area contributed by atoms with Gasteiger partial charge >= 0.3 is 11.9 Å². The van der Waals surface area contributed by atoms with Crippen LogP contribution in [0.1, 0.15) is 200 Å². The van der Waals surface area contributed by atoms with Gasteiger partial charge in [-0.05, 0) is 51.4 Å². The van der Waals surface area contributed by atoms with Crippen molar-refractivity contribution in [2.24, 2.45) is 0 Å². The molecule has 0 spiro atoms. The zero-order valence-corrected chi connectivity index (χ0v) is 41.6. The number of hydrogen-bond acceptors (Lipinski definition) is 8. The van der Waals surface area contributed by atoms with Crippen LogP contribution in [-0.4, -0.2) is 82.3 Å². The Morgan fingerprint density at radius 3 is 1.30 bits per heavy atom. The van der Waals surface area contributed by atoms with E-state index in [1.165, 1.54) is 109 Å². The number of quaternary nitrogens is 1. The number of carbonyl (C=O) groups excluding carboxylic acids is 3. The minimum absolute atomic E-state index is 0.121. The molecule has 0 aromatic heterocycles. The smallest absolute Gasteiger partial charge is 0.306 e. The second-order valence-electron chi connectivity index (χ2n) is 18.1. The molecule has 0 heterocycles. The van der Waals surface area contributed by atoms with Gasteiger partial charge in [0.1, 0.15) is 13.2 Å². The normalized spacial score (nSPS) is 13.5. The Morgan fingerprint density at radius 2 is 0.891 bits per heavy atom. The topological polar surface area (TPSA) is 111 Å². The molecule has 0 bridgehead atoms. The summed E-state index contributed by atoms with van der Waals surface area (Å²) in [6, 6.07) is 0. The van der Waals surface area contributed by atoms with E-state index in [1.807, 2.05) is 33.3 Å². The van der Waals surface area contributed by atoms with Crippen molar-refractivity contribution in [1.29, 1.82) is 0 Å². The van der Waals surface area contributed by atoms with Crippen LogP contribution in [0.3, 0.4) is 0 Å². The van der Waals surface area contributed by atoms with Crippen LogP contribution in [0.4, 0.5) is 0 Å². The summed E-state index contributed by atoms with van der Waals surface area (Å²) < 4.78 is 22.5. The Morgan fingerprint density at radius 1 is 0.484 bits per heavy atom. The molecule has 9 nitrogen and oxygen atoms in total. The van der Waals surface area contributed by atoms with Gasteiger partial charge in [0, 0.05) is 12.8 Å². The van der Waals surface area contributed by atoms with E-state index in [9.17, 15) is 19.5 Å². The number of hydrogen-bond donors (Lipinski definition) is 0. The number of likely N-dealkylation sites (N-methyl/N-ethyl adjacent to an activating group) is 1. The molecule has 9 heteroatoms. The number of carboxylic acid groups (broad SMARTS) is 1. The summed E-state index contributed by atoms with van der Waals surface area (Å²) in [4.78, 5) is 37.1. The number of carboxylic acids is 1. The monoisotopic (exact) mass is 898 g/mol. The maximum atomic E-state index is 12.8. The van der Waals surface area contributed by atoms with E-state index in [-0.39, 0.29) is 38.6 Å². The van der Waals surface area contributed by atoms with Crippen molar-refractivity contribution in [2.75, 3.05) is 47.5 Å². The summed E-state index contributed by atoms with van der Waals surface area (Å²) in [6.07, 6.45) is 55.3. The van der Waals surface area contributed by atoms with Crippen LogP contribution in [0.2, 0.25) is 0 Å². The molecule has 0 aliphatic heterocycles. The second kappa shape index (κ2) is 46.3. The van der Waals surface area contributed by atoms with Crippen LogP contribution in [-0.2, 0) is 33.3 Å². The highest BCUT2D eigenvalue weighted by molar-refractivity contribution is 5.70. The Bertz CT molecular complexity index is 1280. The van der Waals surface area contributed by atoms with Gasteiger partial charge in [0.2, 0.25) is 0 Å². The molecule has 0 saturated carbocycles. The van der Waals surface area contributed by atoms with E-state index in [4.69, 9.17) is 18.9 Å². The predicted molar refractivity (Wildman–Crippen MR) is 265 cm³/mol. The maximum Gasteiger partial charge on any atom is 0.306 e. The summed E-state index contributed by atoms with van der Waals surface area (Å²) in [6.45, 7) is 4.55. The number of ether oxygens (including phenoxy) is 4. The van der Waals surface area contributed by atoms with Crippen LogP contribution in [0, 0.1) is 0 Å². The number of unbranched alkanes of at least 4 members (excludes halogenated alkanes) is 19. The van der Waals surface area contributed by atoms with Gasteiger partial charge in [-0.25, -0.2) is 0 Å². The fraction of sp³-hybridized carbons (Fsp3) is 0.727. The highest BCUT2D eigenvalue weighted by Gasteiger charge is 2.21. The van der Waals surface area contributed by atoms with Crippen molar-refractivity contribution in [3.05, 3.63) is 72.9 Å². The Labute approximate surface area is 392 Å². The molecule has 0 saturated heterocycles. The van der Waals surface area contributed by atoms with Gasteiger partial charge in [0.25, 0.3) is 0 Å². The molecule has 0 aromatic rings. The van der Waals surface area contributed by atoms with E-state index in [0.717, 1.165) is 57.8 Å². The van der Waals surface area contributed by atoms with Gasteiger partial charge in [-0.3, -0.25) is 9.59 Å². The second-order valence-corrected chi connectivity index (χ2v) is 18.1. The van der Waals surface area contributed by atoms with Crippen LogP contribution in [0.25, 0.3) is 0 Å². The largest absolute Gasteiger partial charge is 0.545 e. The van der Waals surface area contributed by atoms with E-state index in [2.05, 4.69) is 74.6 Å². The first-order valence-corrected chi connectivity index (χ1v) is 25.6. The molecular weight excluding hydrogens is 803 g/mol. The molecule has 0 N–H and O–H groups in total. The summed E-state index contributed by atoms with van der Waals surface area (Å²) >= 11 is 0. The van der Waals surface area contributed by atoms with E-state index in [1.54, 1.807) is 0 Å². The Hall–Kier alpha value is -3.27. The van der Waals surface area contributed by atoms with Crippen LogP contribution in [0.5, 0.6) is 0 Å². The summed E-state index contributed by atoms with van der Waals surface area (Å²) in [5, 5.41) is 11.7. The van der Waals surface area contributed by atoms with Crippen LogP contribution in [0.15, 0.2) is 72.9 Å². The first-order chi connectivity index (χ1) is 31.1. The van der Waals surface area contributed by atoms with Gasteiger partial charge in [-0.2, -0.15) is 0 Å². The minimum Gasteiger partial charge on any atom is -0.545 e. The third kappa shape index (κ3) is 46.7. The first kappa shape index (κ1) is 60.7. The van der Waals surface area contributed by atoms with Crippen molar-refractivity contribution in [3.8, 4) is 0 Å². The molecule has 2 atom stereocenters. The summed E-state index contributed by atoms with van der Waals surface area (Å²) in [5.74, 6) is -2.40. The van der Waals surface area contributed by atoms with Gasteiger partial charge in [0.15, 0.2) is 12.4 Å². The van der Waals surface area contributed by atoms with Crippen molar-refractivity contribution < 1.29 is 42.9 Å². The van der Waals surface area contributed by atoms with Crippen molar-refractivity contribution in [3.63, 3.8) is 0 Å². The molecule has 0 radical (unpaired) electrons. The third-order valence-corrected chi connectivity index (χ3v) is 10.7. The zero-order chi connectivity index (χ0) is 47.0. The molecule has 0 aromatic carbocycles. The highest BCUT2D eigenvalue weighted by Crippen LogP contribution is 2.16. The average molecular weight is 898 g/mol. The fourth-order valence-corrected chi connectivity index (χ4v) is 6.80. The standard InChI is InChI=1S/C55H95NO8/c1-6-8-10-12-14-16-18-20-22-24-26-28-29-31-33-35-37-39-41-43-45-52(57)62-49-51(50-63-55(54(59)60)61-48-47-56(3,4)5)64-53(58)46-44-42-40-38-36-34-32-30-27-25-23-21-19-17-15-13-11-9-7-2/h9,11,15,17,21,23,27,30,34,36,40,42,51,55H,6-8,10,12-14,16,18-20,22,24-26,28-29,31-33,35,37-39,41,43-50H2,1-5H3/b11-9-,17-15-,23-21-,30-27-,36-34-,42-40-. The molecule has 368 valence electrons. The number of esters is 2. The summed E-state index contributed by atoms with van der Waals surface area (Å²) in [7, 11) is 5.89. The van der Waals surface area contributed by atoms with E-state index in [0.29, 0.717) is 17.4 Å². The molecule has 2 unspecified atom stereocenters. The highest BCUT2D eigenvalue weighted by atomic mass is 16.7. The van der Waals surface area contributed by atoms with Gasteiger partial charge in [-0.15, -0.1) is 0 Å². The van der Waals surface area contributed by atoms with Gasteiger partial charge in [-0.1, -0.05) is 209 Å². The predicted octanol–water partition coefficient (Wildman–Crippen LogP) is 12.9. The van der Waals surface area contributed by atoms with Gasteiger partial charge in [0.05, 0.1) is 40.3 Å². The molecule has 0 aliphatic carbocycles. The first-order valence-electron chi connectivity index (χ1n) is 25.6. The lowest BCUT2D eigenvalue weighted by atomic mass is 10.0. The molecule has 64 heavy (non-hydrogen) atoms. The lowest BCUT2D eigenvalue weighted by Gasteiger charge is -2.26. The Kier molecular flexibility index (Phi) is 43.9. The summed E-state index contributed by atoms with van der Waals surface area (Å²) in [5.41, 5.74) is 0. The average Bonchev–Trinajstić information content (AvgIpc) is 3.26. The fourth-order valence-electron chi connectivity index (χ4n) is 6.80. The van der Waals surface area contributed by atoms with Crippen molar-refractivity contribution >= 4 is 17.9 Å². The van der Waals surface area contributed by atoms with Crippen LogP contribution < -0.4 is 5.11 Å². The number of rotatable bonds is 46. The number of nitrogens with zero attached hydrogens (tertiary/aromatic N) is 1. The van der Waals surface area contributed by atoms with Crippen molar-refractivity contribution in [1.82, 2.24) is 0 Å². The number of aliphatic carboxylic acids is 1. The number of allylic oxidation sites excluding steroid dienone is 12. The molecular formula is C55H95NO8. The maximum absolute atomic E-state index is 12.8. The van der Waals surface area contributed by atoms with E-state index < -0.39 is 24.3 Å². The minimum atomic E-state index is -1.64. The van der Waals surface area contributed by atoms with Gasteiger partial charge < -0.3 is 33.3 Å². The van der Waals surface area contributed by atoms with Crippen LogP contribution >= 0.6 is 0 Å². The number of carbonyl (C=O) groups is 3. The lowest BCUT2D eigenvalue weighted by molar-refractivity contribution is -0.870. The Balaban J connectivity index is 4.44. The quantitative estimate of drug-likeness (QED) is 0.0195. The molecule has 0 amide bonds.